The van der Waals surface area contributed by atoms with Crippen LogP contribution in [-0.4, -0.2) is 74.5 Å². The molecule has 4 rings (SSSR count). The Morgan fingerprint density at radius 1 is 1.32 bits per heavy atom. The van der Waals surface area contributed by atoms with Crippen LogP contribution in [0.5, 0.6) is 0 Å². The van der Waals surface area contributed by atoms with E-state index in [1.54, 1.807) is 0 Å². The second kappa shape index (κ2) is 8.44. The molecule has 0 spiro atoms. The predicted molar refractivity (Wildman–Crippen MR) is 111 cm³/mol. The number of aliphatic hydroxyl groups is 2. The van der Waals surface area contributed by atoms with Crippen LogP contribution in [0.3, 0.4) is 0 Å². The minimum atomic E-state index is -5.36. The van der Waals surface area contributed by atoms with E-state index in [4.69, 9.17) is 14.5 Å². The van der Waals surface area contributed by atoms with Crippen LogP contribution < -0.4 is 11.0 Å². The SMILES string of the molecule is C[C@@]1(O)[C@H](O)[C@@H](COP(=O)(O)OP(=O)(O)O)O[C@H]1n1cc2c(NO)cc3c(=O)[nH]ncc(n1)c23. The fourth-order valence-corrected chi connectivity index (χ4v) is 5.30. The van der Waals surface area contributed by atoms with Crippen molar-refractivity contribution in [3.8, 4) is 0 Å². The van der Waals surface area contributed by atoms with E-state index in [-0.39, 0.29) is 22.0 Å². The molecular weight excluding hydrogens is 504 g/mol. The Hall–Kier alpha value is -2.27. The average Bonchev–Trinajstić information content (AvgIpc) is 3.13. The van der Waals surface area contributed by atoms with Crippen LogP contribution in [0.15, 0.2) is 23.3 Å². The zero-order chi connectivity index (χ0) is 25.1. The third-order valence-electron chi connectivity index (χ3n) is 5.18. The van der Waals surface area contributed by atoms with Gasteiger partial charge in [-0.25, -0.2) is 18.9 Å². The summed E-state index contributed by atoms with van der Waals surface area (Å²) < 4.78 is 37.3. The maximum atomic E-state index is 12.2. The number of hydrogen-bond acceptors (Lipinski definition) is 12. The number of nitrogens with one attached hydrogen (secondary N) is 2. The number of nitrogens with zero attached hydrogens (tertiary/aromatic N) is 3. The molecule has 1 aromatic carbocycles. The summed E-state index contributed by atoms with van der Waals surface area (Å²) in [4.78, 5) is 39.0. The van der Waals surface area contributed by atoms with Gasteiger partial charge in [0.2, 0.25) is 0 Å². The van der Waals surface area contributed by atoms with Gasteiger partial charge in [0, 0.05) is 17.0 Å². The van der Waals surface area contributed by atoms with Gasteiger partial charge < -0.3 is 29.6 Å². The zero-order valence-electron chi connectivity index (χ0n) is 17.0. The standard InChI is InChI=1S/C15H19N5O12P2/c1-15(23)12(21)10(5-30-34(28,29)32-33(25,26)27)31-14(15)20-4-7-8(19-24)2-6-11(7)9(18-20)3-16-17-13(6)22/h2-4,10,12,14,19,21,23-24H,5H2,1H3,(H,17,22)(H,28,29)(H2,25,26,27)/t10-,12-,14-,15-/m1/s1. The van der Waals surface area contributed by atoms with Crippen LogP contribution in [0.25, 0.3) is 21.7 Å². The molecule has 1 aliphatic heterocycles. The van der Waals surface area contributed by atoms with E-state index in [0.29, 0.717) is 5.39 Å². The van der Waals surface area contributed by atoms with Gasteiger partial charge in [0.25, 0.3) is 5.56 Å². The van der Waals surface area contributed by atoms with E-state index in [0.717, 1.165) is 4.68 Å². The lowest BCUT2D eigenvalue weighted by Gasteiger charge is -2.27. The van der Waals surface area contributed by atoms with E-state index < -0.39 is 51.8 Å². The fraction of sp³-hybridized carbons (Fsp3) is 0.400. The highest BCUT2D eigenvalue weighted by molar-refractivity contribution is 7.60. The molecule has 1 unspecified atom stereocenters. The van der Waals surface area contributed by atoms with E-state index >= 15 is 0 Å². The van der Waals surface area contributed by atoms with Crippen LogP contribution in [0.4, 0.5) is 5.69 Å². The molecule has 5 atom stereocenters. The van der Waals surface area contributed by atoms with Crippen LogP contribution in [-0.2, 0) is 22.7 Å². The number of phosphoric acid groups is 2. The maximum absolute atomic E-state index is 12.2. The molecule has 1 aliphatic rings. The van der Waals surface area contributed by atoms with Crippen molar-refractivity contribution in [2.24, 2.45) is 0 Å². The molecule has 186 valence electrons. The molecule has 0 aliphatic carbocycles. The van der Waals surface area contributed by atoms with Gasteiger partial charge in [-0.05, 0) is 13.0 Å². The molecule has 1 fully saturated rings. The van der Waals surface area contributed by atoms with E-state index in [1.165, 1.54) is 25.4 Å². The van der Waals surface area contributed by atoms with Crippen LogP contribution in [0.1, 0.15) is 13.2 Å². The molecule has 1 saturated heterocycles. The highest BCUT2D eigenvalue weighted by Gasteiger charge is 2.54. The number of aliphatic hydroxyl groups excluding tert-OH is 1. The van der Waals surface area contributed by atoms with Crippen molar-refractivity contribution in [2.45, 2.75) is 31.0 Å². The smallest absolute Gasteiger partial charge is 0.387 e. The number of phosphoric ester groups is 1. The lowest BCUT2D eigenvalue weighted by atomic mass is 9.97. The summed E-state index contributed by atoms with van der Waals surface area (Å²) in [6.07, 6.45) is -2.08. The lowest BCUT2D eigenvalue weighted by Crippen LogP contribution is -2.44. The topological polar surface area (TPSA) is 259 Å². The second-order valence-corrected chi connectivity index (χ2v) is 10.4. The lowest BCUT2D eigenvalue weighted by molar-refractivity contribution is -0.102. The first kappa shape index (κ1) is 24.8. The average molecular weight is 523 g/mol. The molecule has 0 bridgehead atoms. The number of aromatic amines is 1. The van der Waals surface area contributed by atoms with Crippen molar-refractivity contribution in [3.63, 3.8) is 0 Å². The summed E-state index contributed by atoms with van der Waals surface area (Å²) in [7, 11) is -10.6. The van der Waals surface area contributed by atoms with Crippen LogP contribution in [0, 0.1) is 0 Å². The van der Waals surface area contributed by atoms with Gasteiger partial charge in [0.15, 0.2) is 6.23 Å². The van der Waals surface area contributed by atoms with Crippen molar-refractivity contribution in [1.29, 1.82) is 0 Å². The van der Waals surface area contributed by atoms with Crippen LogP contribution >= 0.6 is 15.6 Å². The number of anilines is 1. The Kier molecular flexibility index (Phi) is 6.17. The van der Waals surface area contributed by atoms with Crippen molar-refractivity contribution in [2.75, 3.05) is 12.1 Å². The number of H-pyrrole nitrogens is 1. The highest BCUT2D eigenvalue weighted by atomic mass is 31.3. The molecule has 8 N–H and O–H groups in total. The van der Waals surface area contributed by atoms with E-state index in [1.807, 2.05) is 5.48 Å². The Morgan fingerprint density at radius 3 is 2.68 bits per heavy atom. The van der Waals surface area contributed by atoms with Gasteiger partial charge in [0.1, 0.15) is 23.3 Å². The molecule has 34 heavy (non-hydrogen) atoms. The van der Waals surface area contributed by atoms with Gasteiger partial charge >= 0.3 is 15.6 Å². The van der Waals surface area contributed by atoms with Gasteiger partial charge in [-0.3, -0.25) is 20.0 Å². The molecule has 0 amide bonds. The Bertz CT molecular complexity index is 1400. The Balaban J connectivity index is 1.70. The van der Waals surface area contributed by atoms with Crippen molar-refractivity contribution < 1.29 is 52.8 Å². The third-order valence-corrected chi connectivity index (χ3v) is 7.33. The van der Waals surface area contributed by atoms with Crippen molar-refractivity contribution >= 4 is 43.0 Å². The first-order valence-electron chi connectivity index (χ1n) is 9.33. The zero-order valence-corrected chi connectivity index (χ0v) is 18.8. The highest BCUT2D eigenvalue weighted by Crippen LogP contribution is 2.58. The van der Waals surface area contributed by atoms with Crippen LogP contribution in [0.2, 0.25) is 0 Å². The summed E-state index contributed by atoms with van der Waals surface area (Å²) in [5.41, 5.74) is -0.381. The van der Waals surface area contributed by atoms with E-state index in [2.05, 4.69) is 24.1 Å². The fourth-order valence-electron chi connectivity index (χ4n) is 3.70. The Morgan fingerprint density at radius 2 is 2.03 bits per heavy atom. The number of rotatable bonds is 7. The minimum Gasteiger partial charge on any atom is -0.387 e. The number of aromatic nitrogens is 4. The molecule has 2 aromatic heterocycles. The monoisotopic (exact) mass is 523 g/mol. The summed E-state index contributed by atoms with van der Waals surface area (Å²) in [6.45, 7) is 0.283. The van der Waals surface area contributed by atoms with Gasteiger partial charge in [-0.2, -0.15) is 14.5 Å². The van der Waals surface area contributed by atoms with Gasteiger partial charge in [-0.15, -0.1) is 0 Å². The van der Waals surface area contributed by atoms with Gasteiger partial charge in [0.05, 0.1) is 23.9 Å². The quantitative estimate of drug-likeness (QED) is 0.141. The van der Waals surface area contributed by atoms with Crippen molar-refractivity contribution in [3.05, 3.63) is 28.8 Å². The normalized spacial score (nSPS) is 27.3. The summed E-state index contributed by atoms with van der Waals surface area (Å²) in [6, 6.07) is 1.35. The first-order chi connectivity index (χ1) is 15.7. The number of ether oxygens (including phenoxy) is 1. The maximum Gasteiger partial charge on any atom is 0.481 e. The Labute approximate surface area is 188 Å². The van der Waals surface area contributed by atoms with E-state index in [9.17, 15) is 34.2 Å². The third kappa shape index (κ3) is 4.51. The molecule has 0 radical (unpaired) electrons. The molecular formula is C15H19N5O12P2. The number of hydrogen-bond donors (Lipinski definition) is 8. The second-order valence-electron chi connectivity index (χ2n) is 7.60. The summed E-state index contributed by atoms with van der Waals surface area (Å²) in [5.74, 6) is 0. The largest absolute Gasteiger partial charge is 0.481 e. The molecule has 3 heterocycles. The van der Waals surface area contributed by atoms with Gasteiger partial charge in [-0.1, -0.05) is 0 Å². The molecule has 17 nitrogen and oxygen atoms in total. The summed E-state index contributed by atoms with van der Waals surface area (Å²) >= 11 is 0. The minimum absolute atomic E-state index is 0.127. The molecule has 3 aromatic rings. The molecule has 0 saturated carbocycles. The van der Waals surface area contributed by atoms with Crippen molar-refractivity contribution in [1.82, 2.24) is 20.0 Å². The predicted octanol–water partition coefficient (Wildman–Crippen LogP) is -0.691. The summed E-state index contributed by atoms with van der Waals surface area (Å²) in [5, 5.41) is 42.0. The first-order valence-corrected chi connectivity index (χ1v) is 12.4. The molecule has 19 heteroatoms.